The fraction of sp³-hybridized carbons (Fsp3) is 0.750. The number of rotatable bonds is 3. The van der Waals surface area contributed by atoms with E-state index in [0.717, 1.165) is 70.0 Å². The van der Waals surface area contributed by atoms with Crippen LogP contribution < -0.4 is 0 Å². The lowest BCUT2D eigenvalue weighted by molar-refractivity contribution is -0.140. The highest BCUT2D eigenvalue weighted by Gasteiger charge is 2.29. The van der Waals surface area contributed by atoms with Crippen LogP contribution in [-0.2, 0) is 16.1 Å². The van der Waals surface area contributed by atoms with Crippen LogP contribution in [0.2, 0.25) is 0 Å². The Hall–Kier alpha value is -1.40. The summed E-state index contributed by atoms with van der Waals surface area (Å²) in [7, 11) is 0. The molecule has 0 saturated carbocycles. The van der Waals surface area contributed by atoms with Crippen molar-refractivity contribution in [2.24, 2.45) is 0 Å². The van der Waals surface area contributed by atoms with Crippen LogP contribution in [0, 0.1) is 13.8 Å². The van der Waals surface area contributed by atoms with Gasteiger partial charge in [0.2, 0.25) is 0 Å². The number of aryl methyl sites for hydroxylation is 2. The highest BCUT2D eigenvalue weighted by atomic mass is 16.5. The van der Waals surface area contributed by atoms with E-state index in [1.54, 1.807) is 0 Å². The second-order valence-electron chi connectivity index (χ2n) is 6.26. The molecule has 6 nitrogen and oxygen atoms in total. The summed E-state index contributed by atoms with van der Waals surface area (Å²) in [6.07, 6.45) is 2.68. The summed E-state index contributed by atoms with van der Waals surface area (Å²) in [5, 5.41) is 4.02. The van der Waals surface area contributed by atoms with Crippen molar-refractivity contribution in [3.63, 3.8) is 0 Å². The quantitative estimate of drug-likeness (QED) is 0.847. The van der Waals surface area contributed by atoms with Crippen LogP contribution >= 0.6 is 0 Å². The van der Waals surface area contributed by atoms with Gasteiger partial charge in [-0.2, -0.15) is 0 Å². The Kier molecular flexibility index (Phi) is 4.78. The maximum Gasteiger partial charge on any atom is 0.251 e. The van der Waals surface area contributed by atoms with E-state index < -0.39 is 0 Å². The summed E-state index contributed by atoms with van der Waals surface area (Å²) in [6, 6.07) is 0. The minimum atomic E-state index is -0.200. The van der Waals surface area contributed by atoms with Crippen LogP contribution in [0.4, 0.5) is 0 Å². The van der Waals surface area contributed by atoms with E-state index in [-0.39, 0.29) is 12.0 Å². The predicted molar refractivity (Wildman–Crippen MR) is 81.4 cm³/mol. The number of amides is 1. The molecule has 1 aromatic rings. The Morgan fingerprint density at radius 3 is 2.77 bits per heavy atom. The van der Waals surface area contributed by atoms with Crippen molar-refractivity contribution in [2.75, 3.05) is 32.8 Å². The lowest BCUT2D eigenvalue weighted by atomic mass is 10.2. The molecule has 122 valence electrons. The van der Waals surface area contributed by atoms with E-state index in [1.165, 1.54) is 5.56 Å². The fourth-order valence-corrected chi connectivity index (χ4v) is 3.28. The Labute approximate surface area is 131 Å². The van der Waals surface area contributed by atoms with Gasteiger partial charge < -0.3 is 14.2 Å². The third kappa shape index (κ3) is 3.33. The smallest absolute Gasteiger partial charge is 0.251 e. The van der Waals surface area contributed by atoms with E-state index >= 15 is 0 Å². The Balaban J connectivity index is 1.56. The standard InChI is InChI=1S/C16H25N3O3/c1-12-14(13(2)22-17-12)11-18-6-4-7-19(9-8-18)16(20)15-5-3-10-21-15/h15H,3-11H2,1-2H3/t15-/m0/s1. The van der Waals surface area contributed by atoms with Crippen molar-refractivity contribution >= 4 is 5.91 Å². The molecule has 0 aliphatic carbocycles. The van der Waals surface area contributed by atoms with Gasteiger partial charge in [0, 0.05) is 44.9 Å². The van der Waals surface area contributed by atoms with Gasteiger partial charge in [-0.1, -0.05) is 5.16 Å². The molecule has 2 aliphatic heterocycles. The SMILES string of the molecule is Cc1noc(C)c1CN1CCCN(C(=O)[C@@H]2CCCO2)CC1. The first-order valence-corrected chi connectivity index (χ1v) is 8.19. The van der Waals surface area contributed by atoms with Crippen molar-refractivity contribution in [1.29, 1.82) is 0 Å². The number of ether oxygens (including phenoxy) is 1. The van der Waals surface area contributed by atoms with Crippen LogP contribution in [0.15, 0.2) is 4.52 Å². The van der Waals surface area contributed by atoms with Crippen LogP contribution in [0.1, 0.15) is 36.3 Å². The Bertz CT molecular complexity index is 503. The van der Waals surface area contributed by atoms with Gasteiger partial charge in [-0.3, -0.25) is 9.69 Å². The zero-order chi connectivity index (χ0) is 15.5. The first kappa shape index (κ1) is 15.5. The highest BCUT2D eigenvalue weighted by molar-refractivity contribution is 5.81. The third-order valence-electron chi connectivity index (χ3n) is 4.67. The number of hydrogen-bond donors (Lipinski definition) is 0. The predicted octanol–water partition coefficient (Wildman–Crippen LogP) is 1.50. The molecule has 0 bridgehead atoms. The van der Waals surface area contributed by atoms with E-state index in [2.05, 4.69) is 10.1 Å². The number of aromatic nitrogens is 1. The zero-order valence-corrected chi connectivity index (χ0v) is 13.5. The van der Waals surface area contributed by atoms with Crippen molar-refractivity contribution in [2.45, 2.75) is 45.8 Å². The van der Waals surface area contributed by atoms with Gasteiger partial charge in [0.25, 0.3) is 5.91 Å². The Morgan fingerprint density at radius 2 is 2.09 bits per heavy atom. The third-order valence-corrected chi connectivity index (χ3v) is 4.67. The summed E-state index contributed by atoms with van der Waals surface area (Å²) in [6.45, 7) is 9.02. The summed E-state index contributed by atoms with van der Waals surface area (Å²) < 4.78 is 10.8. The molecule has 2 saturated heterocycles. The van der Waals surface area contributed by atoms with Gasteiger partial charge in [0.05, 0.1) is 5.69 Å². The molecule has 1 amide bonds. The molecule has 0 aromatic carbocycles. The molecule has 0 unspecified atom stereocenters. The van der Waals surface area contributed by atoms with E-state index in [1.807, 2.05) is 18.7 Å². The zero-order valence-electron chi connectivity index (χ0n) is 13.5. The first-order chi connectivity index (χ1) is 10.6. The molecule has 3 rings (SSSR count). The topological polar surface area (TPSA) is 58.8 Å². The maximum absolute atomic E-state index is 12.4. The largest absolute Gasteiger partial charge is 0.368 e. The number of nitrogens with zero attached hydrogens (tertiary/aromatic N) is 3. The van der Waals surface area contributed by atoms with Crippen LogP contribution in [0.3, 0.4) is 0 Å². The van der Waals surface area contributed by atoms with Crippen LogP contribution in [0.25, 0.3) is 0 Å². The molecule has 3 heterocycles. The van der Waals surface area contributed by atoms with Gasteiger partial charge in [0.1, 0.15) is 11.9 Å². The average Bonchev–Trinajstić information content (AvgIpc) is 3.07. The maximum atomic E-state index is 12.4. The highest BCUT2D eigenvalue weighted by Crippen LogP contribution is 2.18. The minimum absolute atomic E-state index is 0.177. The van der Waals surface area contributed by atoms with Crippen molar-refractivity contribution in [3.05, 3.63) is 17.0 Å². The second-order valence-corrected chi connectivity index (χ2v) is 6.26. The number of carbonyl (C=O) groups is 1. The van der Waals surface area contributed by atoms with E-state index in [0.29, 0.717) is 0 Å². The number of carbonyl (C=O) groups excluding carboxylic acids is 1. The summed E-state index contributed by atoms with van der Waals surface area (Å²) >= 11 is 0. The van der Waals surface area contributed by atoms with Gasteiger partial charge >= 0.3 is 0 Å². The summed E-state index contributed by atoms with van der Waals surface area (Å²) in [5.41, 5.74) is 2.15. The number of hydrogen-bond acceptors (Lipinski definition) is 5. The van der Waals surface area contributed by atoms with Gasteiger partial charge in [-0.25, -0.2) is 0 Å². The molecule has 0 spiro atoms. The van der Waals surface area contributed by atoms with Crippen LogP contribution in [-0.4, -0.2) is 59.8 Å². The summed E-state index contributed by atoms with van der Waals surface area (Å²) in [5.74, 6) is 1.07. The second kappa shape index (κ2) is 6.79. The molecule has 1 aromatic heterocycles. The fourth-order valence-electron chi connectivity index (χ4n) is 3.28. The molecular formula is C16H25N3O3. The molecule has 0 radical (unpaired) electrons. The van der Waals surface area contributed by atoms with Gasteiger partial charge in [0.15, 0.2) is 0 Å². The molecule has 2 aliphatic rings. The van der Waals surface area contributed by atoms with Crippen molar-refractivity contribution in [1.82, 2.24) is 15.0 Å². The van der Waals surface area contributed by atoms with E-state index in [9.17, 15) is 4.79 Å². The van der Waals surface area contributed by atoms with Crippen molar-refractivity contribution < 1.29 is 14.1 Å². The average molecular weight is 307 g/mol. The lowest BCUT2D eigenvalue weighted by Gasteiger charge is -2.24. The molecule has 22 heavy (non-hydrogen) atoms. The monoisotopic (exact) mass is 307 g/mol. The molecule has 1 atom stereocenters. The van der Waals surface area contributed by atoms with E-state index in [4.69, 9.17) is 9.26 Å². The first-order valence-electron chi connectivity index (χ1n) is 8.19. The van der Waals surface area contributed by atoms with Gasteiger partial charge in [-0.05, 0) is 33.1 Å². The van der Waals surface area contributed by atoms with Crippen LogP contribution in [0.5, 0.6) is 0 Å². The van der Waals surface area contributed by atoms with Crippen molar-refractivity contribution in [3.8, 4) is 0 Å². The minimum Gasteiger partial charge on any atom is -0.368 e. The molecular weight excluding hydrogens is 282 g/mol. The molecule has 6 heteroatoms. The van der Waals surface area contributed by atoms with Gasteiger partial charge in [-0.15, -0.1) is 0 Å². The Morgan fingerprint density at radius 1 is 1.23 bits per heavy atom. The molecule has 0 N–H and O–H groups in total. The summed E-state index contributed by atoms with van der Waals surface area (Å²) in [4.78, 5) is 16.8. The normalized spacial score (nSPS) is 23.7. The molecule has 2 fully saturated rings. The lowest BCUT2D eigenvalue weighted by Crippen LogP contribution is -2.41.